The SMILES string of the molecule is Cl.Cn1cc(-c2cn3nccc3c(O[C@H]3CCCCNC3)n2)cn1. The number of aromatic nitrogens is 5. The predicted octanol–water partition coefficient (Wildman–Crippen LogP) is 2.07. The van der Waals surface area contributed by atoms with Crippen LogP contribution in [-0.4, -0.2) is 43.6 Å². The zero-order chi connectivity index (χ0) is 15.6. The summed E-state index contributed by atoms with van der Waals surface area (Å²) >= 11 is 0. The summed E-state index contributed by atoms with van der Waals surface area (Å²) in [6.07, 6.45) is 11.0. The van der Waals surface area contributed by atoms with Crippen LogP contribution in [0.2, 0.25) is 0 Å². The summed E-state index contributed by atoms with van der Waals surface area (Å²) in [4.78, 5) is 4.72. The highest BCUT2D eigenvalue weighted by Crippen LogP contribution is 2.25. The molecule has 1 aliphatic rings. The molecule has 1 aliphatic heterocycles. The largest absolute Gasteiger partial charge is 0.471 e. The molecule has 1 N–H and O–H groups in total. The second-order valence-electron chi connectivity index (χ2n) is 5.93. The first kappa shape index (κ1) is 16.7. The maximum Gasteiger partial charge on any atom is 0.241 e. The highest BCUT2D eigenvalue weighted by atomic mass is 35.5. The topological polar surface area (TPSA) is 69.3 Å². The average molecular weight is 349 g/mol. The van der Waals surface area contributed by atoms with E-state index in [-0.39, 0.29) is 18.5 Å². The van der Waals surface area contributed by atoms with Gasteiger partial charge >= 0.3 is 0 Å². The fourth-order valence-corrected chi connectivity index (χ4v) is 2.92. The molecular weight excluding hydrogens is 328 g/mol. The standard InChI is InChI=1S/C16H20N6O.ClH/c1-21-10-12(8-19-21)14-11-22-15(5-7-18-22)16(20-14)23-13-4-2-3-6-17-9-13;/h5,7-8,10-11,13,17H,2-4,6,9H2,1H3;1H/t13-;/m0./s1. The minimum Gasteiger partial charge on any atom is -0.471 e. The van der Waals surface area contributed by atoms with E-state index in [0.29, 0.717) is 5.88 Å². The number of ether oxygens (including phenoxy) is 1. The monoisotopic (exact) mass is 348 g/mol. The lowest BCUT2D eigenvalue weighted by Gasteiger charge is -2.17. The molecule has 128 valence electrons. The lowest BCUT2D eigenvalue weighted by molar-refractivity contribution is 0.188. The van der Waals surface area contributed by atoms with Crippen molar-refractivity contribution in [3.8, 4) is 17.1 Å². The molecule has 1 saturated heterocycles. The summed E-state index contributed by atoms with van der Waals surface area (Å²) in [5.41, 5.74) is 2.65. The molecular formula is C16H21ClN6O. The number of nitrogens with one attached hydrogen (secondary N) is 1. The van der Waals surface area contributed by atoms with E-state index in [2.05, 4.69) is 15.5 Å². The number of rotatable bonds is 3. The lowest BCUT2D eigenvalue weighted by Crippen LogP contribution is -2.29. The number of aryl methyl sites for hydroxylation is 1. The number of fused-ring (bicyclic) bond motifs is 1. The first-order valence-electron chi connectivity index (χ1n) is 8.00. The van der Waals surface area contributed by atoms with Gasteiger partial charge in [0.1, 0.15) is 11.6 Å². The molecule has 1 atom stereocenters. The fraction of sp³-hybridized carbons (Fsp3) is 0.438. The van der Waals surface area contributed by atoms with Crippen molar-refractivity contribution in [2.24, 2.45) is 7.05 Å². The molecule has 0 amide bonds. The Labute approximate surface area is 146 Å². The summed E-state index contributed by atoms with van der Waals surface area (Å²) in [5.74, 6) is 0.637. The van der Waals surface area contributed by atoms with Crippen molar-refractivity contribution >= 4 is 17.9 Å². The van der Waals surface area contributed by atoms with Gasteiger partial charge in [-0.3, -0.25) is 4.68 Å². The molecule has 0 radical (unpaired) electrons. The van der Waals surface area contributed by atoms with Gasteiger partial charge in [0.15, 0.2) is 0 Å². The summed E-state index contributed by atoms with van der Waals surface area (Å²) in [6.45, 7) is 1.92. The Morgan fingerprint density at radius 3 is 3.00 bits per heavy atom. The van der Waals surface area contributed by atoms with E-state index in [1.54, 1.807) is 17.1 Å². The summed E-state index contributed by atoms with van der Waals surface area (Å²) in [7, 11) is 1.89. The molecule has 0 aromatic carbocycles. The summed E-state index contributed by atoms with van der Waals surface area (Å²) in [6, 6.07) is 1.93. The predicted molar refractivity (Wildman–Crippen MR) is 93.6 cm³/mol. The quantitative estimate of drug-likeness (QED) is 0.784. The molecule has 24 heavy (non-hydrogen) atoms. The van der Waals surface area contributed by atoms with Crippen LogP contribution in [-0.2, 0) is 7.05 Å². The second kappa shape index (κ2) is 7.19. The van der Waals surface area contributed by atoms with Crippen LogP contribution in [0, 0.1) is 0 Å². The number of hydrogen-bond acceptors (Lipinski definition) is 5. The van der Waals surface area contributed by atoms with E-state index in [1.807, 2.05) is 30.0 Å². The van der Waals surface area contributed by atoms with Crippen molar-refractivity contribution in [2.45, 2.75) is 25.4 Å². The molecule has 3 aromatic heterocycles. The van der Waals surface area contributed by atoms with Crippen LogP contribution in [0.4, 0.5) is 0 Å². The van der Waals surface area contributed by atoms with Gasteiger partial charge in [0.25, 0.3) is 0 Å². The van der Waals surface area contributed by atoms with Crippen molar-refractivity contribution in [1.82, 2.24) is 29.7 Å². The second-order valence-corrected chi connectivity index (χ2v) is 5.93. The normalized spacial score (nSPS) is 18.1. The van der Waals surface area contributed by atoms with Crippen molar-refractivity contribution in [3.63, 3.8) is 0 Å². The molecule has 7 nitrogen and oxygen atoms in total. The third kappa shape index (κ3) is 3.37. The van der Waals surface area contributed by atoms with Crippen LogP contribution in [0.25, 0.3) is 16.8 Å². The minimum atomic E-state index is 0. The summed E-state index contributed by atoms with van der Waals surface area (Å²) < 4.78 is 9.79. The van der Waals surface area contributed by atoms with E-state index >= 15 is 0 Å². The smallest absolute Gasteiger partial charge is 0.241 e. The van der Waals surface area contributed by atoms with Gasteiger partial charge in [-0.1, -0.05) is 0 Å². The van der Waals surface area contributed by atoms with Gasteiger partial charge in [-0.2, -0.15) is 10.2 Å². The zero-order valence-corrected chi connectivity index (χ0v) is 14.4. The van der Waals surface area contributed by atoms with Gasteiger partial charge in [0.2, 0.25) is 5.88 Å². The number of nitrogens with zero attached hydrogens (tertiary/aromatic N) is 5. The molecule has 3 aromatic rings. The maximum absolute atomic E-state index is 6.21. The number of hydrogen-bond donors (Lipinski definition) is 1. The summed E-state index contributed by atoms with van der Waals surface area (Å²) in [5, 5.41) is 12.0. The molecule has 8 heteroatoms. The maximum atomic E-state index is 6.21. The van der Waals surface area contributed by atoms with E-state index < -0.39 is 0 Å². The van der Waals surface area contributed by atoms with Gasteiger partial charge < -0.3 is 10.1 Å². The Bertz CT molecular complexity index is 806. The van der Waals surface area contributed by atoms with Crippen LogP contribution in [0.3, 0.4) is 0 Å². The van der Waals surface area contributed by atoms with Gasteiger partial charge in [-0.05, 0) is 31.9 Å². The highest BCUT2D eigenvalue weighted by Gasteiger charge is 2.17. The van der Waals surface area contributed by atoms with E-state index in [0.717, 1.165) is 36.3 Å². The van der Waals surface area contributed by atoms with Crippen molar-refractivity contribution in [1.29, 1.82) is 0 Å². The third-order valence-electron chi connectivity index (χ3n) is 4.14. The number of halogens is 1. The Morgan fingerprint density at radius 1 is 1.25 bits per heavy atom. The van der Waals surface area contributed by atoms with Crippen molar-refractivity contribution in [3.05, 3.63) is 30.9 Å². The Kier molecular flexibility index (Phi) is 5.01. The van der Waals surface area contributed by atoms with Crippen LogP contribution >= 0.6 is 12.4 Å². The molecule has 4 rings (SSSR count). The average Bonchev–Trinajstić information content (AvgIpc) is 3.11. The fourth-order valence-electron chi connectivity index (χ4n) is 2.92. The Balaban J connectivity index is 0.00000169. The van der Waals surface area contributed by atoms with Crippen LogP contribution in [0.1, 0.15) is 19.3 Å². The first-order valence-corrected chi connectivity index (χ1v) is 8.00. The minimum absolute atomic E-state index is 0. The van der Waals surface area contributed by atoms with Gasteiger partial charge in [-0.25, -0.2) is 9.50 Å². The molecule has 0 unspecified atom stereocenters. The van der Waals surface area contributed by atoms with E-state index in [4.69, 9.17) is 9.72 Å². The van der Waals surface area contributed by atoms with Crippen molar-refractivity contribution < 1.29 is 4.74 Å². The molecule has 0 spiro atoms. The first-order chi connectivity index (χ1) is 11.3. The zero-order valence-electron chi connectivity index (χ0n) is 13.6. The Hall–Kier alpha value is -2.12. The van der Waals surface area contributed by atoms with Gasteiger partial charge in [0.05, 0.1) is 24.3 Å². The lowest BCUT2D eigenvalue weighted by atomic mass is 10.2. The molecule has 0 aliphatic carbocycles. The van der Waals surface area contributed by atoms with E-state index in [1.165, 1.54) is 12.8 Å². The highest BCUT2D eigenvalue weighted by molar-refractivity contribution is 5.85. The van der Waals surface area contributed by atoms with Gasteiger partial charge in [-0.15, -0.1) is 12.4 Å². The molecule has 0 saturated carbocycles. The molecule has 1 fully saturated rings. The van der Waals surface area contributed by atoms with E-state index in [9.17, 15) is 0 Å². The molecule has 4 heterocycles. The van der Waals surface area contributed by atoms with Gasteiger partial charge in [0, 0.05) is 25.4 Å². The van der Waals surface area contributed by atoms with Crippen LogP contribution < -0.4 is 10.1 Å². The van der Waals surface area contributed by atoms with Crippen LogP contribution in [0.5, 0.6) is 5.88 Å². The molecule has 0 bridgehead atoms. The Morgan fingerprint density at radius 2 is 2.17 bits per heavy atom. The van der Waals surface area contributed by atoms with Crippen LogP contribution in [0.15, 0.2) is 30.9 Å². The third-order valence-corrected chi connectivity index (χ3v) is 4.14. The van der Waals surface area contributed by atoms with Crippen molar-refractivity contribution in [2.75, 3.05) is 13.1 Å².